The van der Waals surface area contributed by atoms with E-state index in [1.165, 1.54) is 11.6 Å². The fourth-order valence-corrected chi connectivity index (χ4v) is 2.54. The average molecular weight is 318 g/mol. The summed E-state index contributed by atoms with van der Waals surface area (Å²) in [5.74, 6) is 0.0541. The highest BCUT2D eigenvalue weighted by Crippen LogP contribution is 2.23. The first-order chi connectivity index (χ1) is 10.8. The number of carbonyl (C=O) groups excluding carboxylic acids is 1. The Kier molecular flexibility index (Phi) is 4.68. The molecule has 0 saturated heterocycles. The van der Waals surface area contributed by atoms with Gasteiger partial charge in [-0.25, -0.2) is 9.78 Å². The van der Waals surface area contributed by atoms with Crippen LogP contribution in [0.5, 0.6) is 0 Å². The van der Waals surface area contributed by atoms with Crippen LogP contribution in [-0.2, 0) is 25.3 Å². The van der Waals surface area contributed by atoms with Crippen molar-refractivity contribution in [3.8, 4) is 0 Å². The molecule has 0 fully saturated rings. The molecule has 7 heteroatoms. The third-order valence-electron chi connectivity index (χ3n) is 3.79. The lowest BCUT2D eigenvalue weighted by atomic mass is 10.1. The van der Waals surface area contributed by atoms with Crippen LogP contribution in [0.15, 0.2) is 15.8 Å². The number of hydrogen-bond acceptors (Lipinski definition) is 4. The van der Waals surface area contributed by atoms with Crippen molar-refractivity contribution in [1.29, 1.82) is 0 Å². The summed E-state index contributed by atoms with van der Waals surface area (Å²) in [7, 11) is 2.98. The van der Waals surface area contributed by atoms with Gasteiger partial charge in [0.2, 0.25) is 5.91 Å². The van der Waals surface area contributed by atoms with Crippen LogP contribution >= 0.6 is 0 Å². The van der Waals surface area contributed by atoms with E-state index in [-0.39, 0.29) is 22.9 Å². The van der Waals surface area contributed by atoms with E-state index in [4.69, 9.17) is 0 Å². The van der Waals surface area contributed by atoms with Crippen molar-refractivity contribution in [3.05, 3.63) is 32.6 Å². The molecule has 0 atom stereocenters. The SMILES string of the molecule is CCc1cnc2c(c1NC(=O)CC(C)C)c(=O)n(C)c(=O)n2C. The van der Waals surface area contributed by atoms with Crippen molar-refractivity contribution >= 4 is 22.6 Å². The predicted molar refractivity (Wildman–Crippen MR) is 89.7 cm³/mol. The molecule has 0 radical (unpaired) electrons. The van der Waals surface area contributed by atoms with Gasteiger partial charge in [-0.2, -0.15) is 0 Å². The highest BCUT2D eigenvalue weighted by atomic mass is 16.2. The summed E-state index contributed by atoms with van der Waals surface area (Å²) in [5, 5.41) is 3.11. The van der Waals surface area contributed by atoms with Crippen LogP contribution in [-0.4, -0.2) is 20.0 Å². The fraction of sp³-hybridized carbons (Fsp3) is 0.500. The summed E-state index contributed by atoms with van der Waals surface area (Å²) in [6, 6.07) is 0. The topological polar surface area (TPSA) is 86.0 Å². The zero-order valence-electron chi connectivity index (χ0n) is 14.1. The number of hydrogen-bond donors (Lipinski definition) is 1. The van der Waals surface area contributed by atoms with Crippen molar-refractivity contribution < 1.29 is 4.79 Å². The molecule has 0 spiro atoms. The second kappa shape index (κ2) is 6.36. The molecule has 1 N–H and O–H groups in total. The molecule has 0 bridgehead atoms. The molecule has 23 heavy (non-hydrogen) atoms. The van der Waals surface area contributed by atoms with Crippen molar-refractivity contribution in [1.82, 2.24) is 14.1 Å². The lowest BCUT2D eigenvalue weighted by Gasteiger charge is -2.15. The summed E-state index contributed by atoms with van der Waals surface area (Å²) < 4.78 is 2.34. The summed E-state index contributed by atoms with van der Waals surface area (Å²) in [6.45, 7) is 5.83. The highest BCUT2D eigenvalue weighted by Gasteiger charge is 2.18. The first-order valence-electron chi connectivity index (χ1n) is 7.65. The van der Waals surface area contributed by atoms with E-state index >= 15 is 0 Å². The summed E-state index contributed by atoms with van der Waals surface area (Å²) in [5.41, 5.74) is 0.601. The van der Waals surface area contributed by atoms with E-state index in [1.54, 1.807) is 13.2 Å². The maximum atomic E-state index is 12.6. The van der Waals surface area contributed by atoms with Crippen LogP contribution in [0.25, 0.3) is 11.0 Å². The van der Waals surface area contributed by atoms with Gasteiger partial charge in [-0.15, -0.1) is 0 Å². The molecule has 2 aromatic rings. The molecule has 0 aromatic carbocycles. The normalized spacial score (nSPS) is 11.2. The molecule has 2 heterocycles. The van der Waals surface area contributed by atoms with Crippen molar-refractivity contribution in [3.63, 3.8) is 0 Å². The zero-order valence-corrected chi connectivity index (χ0v) is 14.1. The van der Waals surface area contributed by atoms with Crippen molar-refractivity contribution in [2.45, 2.75) is 33.6 Å². The molecule has 2 rings (SSSR count). The predicted octanol–water partition coefficient (Wildman–Crippen LogP) is 1.18. The summed E-state index contributed by atoms with van der Waals surface area (Å²) in [6.07, 6.45) is 2.58. The van der Waals surface area contributed by atoms with Gasteiger partial charge >= 0.3 is 5.69 Å². The number of fused-ring (bicyclic) bond motifs is 1. The molecule has 0 aliphatic rings. The Balaban J connectivity index is 2.78. The zero-order chi connectivity index (χ0) is 17.3. The van der Waals surface area contributed by atoms with Crippen LogP contribution in [0.4, 0.5) is 5.69 Å². The third-order valence-corrected chi connectivity index (χ3v) is 3.79. The maximum absolute atomic E-state index is 12.6. The smallest absolute Gasteiger partial charge is 0.325 e. The van der Waals surface area contributed by atoms with Gasteiger partial charge in [0.15, 0.2) is 5.65 Å². The Hall–Kier alpha value is -2.44. The second-order valence-corrected chi connectivity index (χ2v) is 6.06. The van der Waals surface area contributed by atoms with Crippen molar-refractivity contribution in [2.24, 2.45) is 20.0 Å². The Morgan fingerprint density at radius 1 is 1.26 bits per heavy atom. The van der Waals surface area contributed by atoms with Crippen LogP contribution in [0.2, 0.25) is 0 Å². The number of aryl methyl sites for hydroxylation is 2. The molecule has 0 saturated carbocycles. The number of nitrogens with zero attached hydrogens (tertiary/aromatic N) is 3. The first-order valence-corrected chi connectivity index (χ1v) is 7.65. The van der Waals surface area contributed by atoms with Crippen LogP contribution in [0.3, 0.4) is 0 Å². The van der Waals surface area contributed by atoms with Gasteiger partial charge in [0.1, 0.15) is 5.39 Å². The quantitative estimate of drug-likeness (QED) is 0.917. The van der Waals surface area contributed by atoms with Crippen molar-refractivity contribution in [2.75, 3.05) is 5.32 Å². The molecule has 0 unspecified atom stereocenters. The minimum atomic E-state index is -0.453. The molecule has 124 valence electrons. The van der Waals surface area contributed by atoms with Crippen LogP contribution in [0.1, 0.15) is 32.8 Å². The second-order valence-electron chi connectivity index (χ2n) is 6.06. The molecule has 0 aliphatic heterocycles. The Labute approximate surface area is 134 Å². The highest BCUT2D eigenvalue weighted by molar-refractivity contribution is 6.01. The average Bonchev–Trinajstić information content (AvgIpc) is 2.49. The lowest BCUT2D eigenvalue weighted by molar-refractivity contribution is -0.116. The van der Waals surface area contributed by atoms with Crippen LogP contribution in [0, 0.1) is 5.92 Å². The van der Waals surface area contributed by atoms with Gasteiger partial charge in [-0.05, 0) is 17.9 Å². The lowest BCUT2D eigenvalue weighted by Crippen LogP contribution is -2.38. The summed E-state index contributed by atoms with van der Waals surface area (Å²) in [4.78, 5) is 41.0. The Morgan fingerprint density at radius 3 is 2.48 bits per heavy atom. The van der Waals surface area contributed by atoms with E-state index in [0.29, 0.717) is 18.5 Å². The third kappa shape index (κ3) is 3.04. The summed E-state index contributed by atoms with van der Waals surface area (Å²) >= 11 is 0. The molecular formula is C16H22N4O3. The van der Waals surface area contributed by atoms with E-state index in [0.717, 1.165) is 10.1 Å². The van der Waals surface area contributed by atoms with Gasteiger partial charge in [-0.1, -0.05) is 20.8 Å². The van der Waals surface area contributed by atoms with E-state index in [1.807, 2.05) is 20.8 Å². The van der Waals surface area contributed by atoms with Gasteiger partial charge < -0.3 is 5.32 Å². The number of nitrogens with one attached hydrogen (secondary N) is 1. The number of carbonyl (C=O) groups is 1. The maximum Gasteiger partial charge on any atom is 0.332 e. The number of pyridine rings is 1. The molecule has 2 aromatic heterocycles. The Bertz CT molecular complexity index is 877. The van der Waals surface area contributed by atoms with Crippen LogP contribution < -0.4 is 16.6 Å². The molecule has 0 aliphatic carbocycles. The largest absolute Gasteiger partial charge is 0.332 e. The van der Waals surface area contributed by atoms with Gasteiger partial charge in [0.25, 0.3) is 5.56 Å². The molecular weight excluding hydrogens is 296 g/mol. The molecule has 1 amide bonds. The number of amides is 1. The van der Waals surface area contributed by atoms with Gasteiger partial charge in [-0.3, -0.25) is 18.7 Å². The number of rotatable bonds is 4. The first kappa shape index (κ1) is 16.9. The number of anilines is 1. The van der Waals surface area contributed by atoms with Gasteiger partial charge in [0, 0.05) is 26.7 Å². The fourth-order valence-electron chi connectivity index (χ4n) is 2.54. The minimum Gasteiger partial charge on any atom is -0.325 e. The van der Waals surface area contributed by atoms with Gasteiger partial charge in [0.05, 0.1) is 5.69 Å². The van der Waals surface area contributed by atoms with E-state index in [9.17, 15) is 14.4 Å². The standard InChI is InChI=1S/C16H22N4O3/c1-6-10-8-17-14-12(13(10)18-11(21)7-9(2)3)15(22)20(5)16(23)19(14)4/h8-9H,6-7H2,1-5H3,(H,17,18,21). The minimum absolute atomic E-state index is 0.155. The van der Waals surface area contributed by atoms with E-state index < -0.39 is 11.2 Å². The van der Waals surface area contributed by atoms with E-state index in [2.05, 4.69) is 10.3 Å². The molecule has 7 nitrogen and oxygen atoms in total. The number of aromatic nitrogens is 3. The Morgan fingerprint density at radius 2 is 1.91 bits per heavy atom. The monoisotopic (exact) mass is 318 g/mol.